The molecule has 0 spiro atoms. The Labute approximate surface area is 198 Å². The van der Waals surface area contributed by atoms with E-state index < -0.39 is 17.6 Å². The quantitative estimate of drug-likeness (QED) is 0.509. The summed E-state index contributed by atoms with van der Waals surface area (Å²) >= 11 is 0. The molecule has 2 aromatic carbocycles. The summed E-state index contributed by atoms with van der Waals surface area (Å²) < 4.78 is 16.6. The van der Waals surface area contributed by atoms with Gasteiger partial charge in [-0.1, -0.05) is 24.3 Å². The lowest BCUT2D eigenvalue weighted by molar-refractivity contribution is 0.0285. The molecule has 0 aliphatic heterocycles. The number of carbonyl (C=O) groups is 2. The highest BCUT2D eigenvalue weighted by molar-refractivity contribution is 6.02. The van der Waals surface area contributed by atoms with E-state index in [-0.39, 0.29) is 12.4 Å². The predicted octanol–water partition coefficient (Wildman–Crippen LogP) is 5.35. The highest BCUT2D eigenvalue weighted by atomic mass is 16.6. The minimum atomic E-state index is -0.576. The Morgan fingerprint density at radius 3 is 2.59 bits per heavy atom. The lowest BCUT2D eigenvalue weighted by Gasteiger charge is -2.24. The van der Waals surface area contributed by atoms with E-state index in [9.17, 15) is 9.59 Å². The van der Waals surface area contributed by atoms with Crippen LogP contribution in [0.3, 0.4) is 0 Å². The molecular formula is C26H27N3O5. The van der Waals surface area contributed by atoms with Crippen LogP contribution < -0.4 is 10.1 Å². The van der Waals surface area contributed by atoms with Gasteiger partial charge in [-0.15, -0.1) is 0 Å². The Balaban J connectivity index is 1.58. The van der Waals surface area contributed by atoms with Crippen LogP contribution >= 0.6 is 0 Å². The second kappa shape index (κ2) is 10.6. The van der Waals surface area contributed by atoms with Crippen LogP contribution in [-0.2, 0) is 17.9 Å². The van der Waals surface area contributed by atoms with Crippen LogP contribution in [0, 0.1) is 11.3 Å². The fraction of sp³-hybridized carbons (Fsp3) is 0.269. The fourth-order valence-corrected chi connectivity index (χ4v) is 3.03. The Morgan fingerprint density at radius 2 is 1.85 bits per heavy atom. The van der Waals surface area contributed by atoms with Gasteiger partial charge in [0.05, 0.1) is 5.56 Å². The minimum absolute atomic E-state index is 0.0818. The first-order chi connectivity index (χ1) is 16.1. The molecule has 176 valence electrons. The zero-order chi connectivity index (χ0) is 24.7. The number of rotatable bonds is 7. The molecular weight excluding hydrogens is 434 g/mol. The number of amides is 2. The van der Waals surface area contributed by atoms with Crippen molar-refractivity contribution in [3.05, 3.63) is 83.3 Å². The average Bonchev–Trinajstić information content (AvgIpc) is 3.26. The van der Waals surface area contributed by atoms with E-state index in [1.165, 1.54) is 4.90 Å². The van der Waals surface area contributed by atoms with E-state index >= 15 is 0 Å². The number of para-hydroxylation sites is 1. The van der Waals surface area contributed by atoms with Gasteiger partial charge in [0.2, 0.25) is 0 Å². The molecule has 1 N–H and O–H groups in total. The lowest BCUT2D eigenvalue weighted by Crippen LogP contribution is -2.33. The molecule has 0 saturated carbocycles. The summed E-state index contributed by atoms with van der Waals surface area (Å²) in [6, 6.07) is 19.3. The highest BCUT2D eigenvalue weighted by Gasteiger charge is 2.20. The third-order valence-electron chi connectivity index (χ3n) is 4.57. The number of carbonyl (C=O) groups excluding carboxylic acids is 2. The molecule has 0 aliphatic carbocycles. The number of benzene rings is 2. The van der Waals surface area contributed by atoms with Gasteiger partial charge in [-0.05, 0) is 62.7 Å². The molecule has 0 aliphatic rings. The van der Waals surface area contributed by atoms with Gasteiger partial charge in [-0.2, -0.15) is 5.26 Å². The van der Waals surface area contributed by atoms with Gasteiger partial charge >= 0.3 is 6.09 Å². The number of anilines is 1. The molecule has 0 bridgehead atoms. The summed E-state index contributed by atoms with van der Waals surface area (Å²) in [7, 11) is 1.65. The van der Waals surface area contributed by atoms with E-state index in [4.69, 9.17) is 19.2 Å². The SMILES string of the molecule is CN(Cc1cccc(NC(=O)c2ccc(COc3ccccc3C#N)o2)c1)C(=O)OC(C)(C)C. The van der Waals surface area contributed by atoms with Crippen molar-refractivity contribution in [2.45, 2.75) is 39.5 Å². The molecule has 3 aromatic rings. The topological polar surface area (TPSA) is 105 Å². The summed E-state index contributed by atoms with van der Waals surface area (Å²) in [4.78, 5) is 26.3. The van der Waals surface area contributed by atoms with Gasteiger partial charge in [0.1, 0.15) is 29.8 Å². The summed E-state index contributed by atoms with van der Waals surface area (Å²) in [5, 5.41) is 11.9. The van der Waals surface area contributed by atoms with Crippen molar-refractivity contribution in [1.82, 2.24) is 4.90 Å². The van der Waals surface area contributed by atoms with E-state index in [1.54, 1.807) is 61.6 Å². The van der Waals surface area contributed by atoms with E-state index in [0.717, 1.165) is 5.56 Å². The first-order valence-electron chi connectivity index (χ1n) is 10.7. The molecule has 3 rings (SSSR count). The first-order valence-corrected chi connectivity index (χ1v) is 10.7. The number of ether oxygens (including phenoxy) is 2. The number of nitrogens with one attached hydrogen (secondary N) is 1. The second-order valence-electron chi connectivity index (χ2n) is 8.65. The Bertz CT molecular complexity index is 1200. The van der Waals surface area contributed by atoms with Crippen LogP contribution in [0.5, 0.6) is 5.75 Å². The molecule has 0 saturated heterocycles. The summed E-state index contributed by atoms with van der Waals surface area (Å²) in [6.45, 7) is 5.84. The third kappa shape index (κ3) is 6.87. The average molecular weight is 462 g/mol. The maximum atomic E-state index is 12.6. The normalized spacial score (nSPS) is 10.8. The maximum absolute atomic E-state index is 12.6. The number of nitrogens with zero attached hydrogens (tertiary/aromatic N) is 2. The third-order valence-corrected chi connectivity index (χ3v) is 4.57. The predicted molar refractivity (Wildman–Crippen MR) is 126 cm³/mol. The van der Waals surface area contributed by atoms with Crippen molar-refractivity contribution in [3.8, 4) is 11.8 Å². The Hall–Kier alpha value is -4.25. The zero-order valence-corrected chi connectivity index (χ0v) is 19.6. The highest BCUT2D eigenvalue weighted by Crippen LogP contribution is 2.20. The molecule has 0 fully saturated rings. The summed E-state index contributed by atoms with van der Waals surface area (Å²) in [5.74, 6) is 0.607. The van der Waals surface area contributed by atoms with Crippen molar-refractivity contribution in [3.63, 3.8) is 0 Å². The molecule has 0 unspecified atom stereocenters. The number of nitriles is 1. The van der Waals surface area contributed by atoms with Crippen molar-refractivity contribution in [1.29, 1.82) is 5.26 Å². The largest absolute Gasteiger partial charge is 0.484 e. The molecule has 1 heterocycles. The molecule has 34 heavy (non-hydrogen) atoms. The van der Waals surface area contributed by atoms with Crippen LogP contribution in [0.25, 0.3) is 0 Å². The summed E-state index contributed by atoms with van der Waals surface area (Å²) in [6.07, 6.45) is -0.426. The van der Waals surface area contributed by atoms with Crippen LogP contribution in [-0.4, -0.2) is 29.5 Å². The zero-order valence-electron chi connectivity index (χ0n) is 19.6. The first kappa shape index (κ1) is 24.4. The number of furan rings is 1. The minimum Gasteiger partial charge on any atom is -0.484 e. The van der Waals surface area contributed by atoms with Crippen LogP contribution in [0.2, 0.25) is 0 Å². The Kier molecular flexibility index (Phi) is 7.59. The maximum Gasteiger partial charge on any atom is 0.410 e. The van der Waals surface area contributed by atoms with E-state index in [2.05, 4.69) is 11.4 Å². The van der Waals surface area contributed by atoms with Gasteiger partial charge in [-0.25, -0.2) is 4.79 Å². The van der Waals surface area contributed by atoms with Gasteiger partial charge in [0.15, 0.2) is 5.76 Å². The molecule has 0 radical (unpaired) electrons. The summed E-state index contributed by atoms with van der Waals surface area (Å²) in [5.41, 5.74) is 1.24. The van der Waals surface area contributed by atoms with Crippen LogP contribution in [0.1, 0.15) is 48.2 Å². The molecule has 0 atom stereocenters. The number of hydrogen-bond acceptors (Lipinski definition) is 6. The van der Waals surface area contributed by atoms with E-state index in [0.29, 0.717) is 29.3 Å². The second-order valence-corrected chi connectivity index (χ2v) is 8.65. The monoisotopic (exact) mass is 461 g/mol. The standard InChI is InChI=1S/C26H27N3O5/c1-26(2,3)34-25(31)29(4)16-18-8-7-10-20(14-18)28-24(30)23-13-12-21(33-23)17-32-22-11-6-5-9-19(22)15-27/h5-14H,16-17H2,1-4H3,(H,28,30). The molecule has 2 amide bonds. The van der Waals surface area contributed by atoms with Crippen molar-refractivity contribution >= 4 is 17.7 Å². The lowest BCUT2D eigenvalue weighted by atomic mass is 10.2. The van der Waals surface area contributed by atoms with E-state index in [1.807, 2.05) is 26.8 Å². The van der Waals surface area contributed by atoms with Gasteiger partial charge in [0.25, 0.3) is 5.91 Å². The van der Waals surface area contributed by atoms with Gasteiger partial charge < -0.3 is 24.1 Å². The van der Waals surface area contributed by atoms with Crippen LogP contribution in [0.15, 0.2) is 65.1 Å². The van der Waals surface area contributed by atoms with Crippen molar-refractivity contribution in [2.24, 2.45) is 0 Å². The molecule has 1 aromatic heterocycles. The number of hydrogen-bond donors (Lipinski definition) is 1. The molecule has 8 heteroatoms. The van der Waals surface area contributed by atoms with Gasteiger partial charge in [0, 0.05) is 19.3 Å². The van der Waals surface area contributed by atoms with Crippen molar-refractivity contribution in [2.75, 3.05) is 12.4 Å². The van der Waals surface area contributed by atoms with Crippen LogP contribution in [0.4, 0.5) is 10.5 Å². The Morgan fingerprint density at radius 1 is 1.09 bits per heavy atom. The fourth-order valence-electron chi connectivity index (χ4n) is 3.03. The van der Waals surface area contributed by atoms with Gasteiger partial charge in [-0.3, -0.25) is 4.79 Å². The van der Waals surface area contributed by atoms with Crippen molar-refractivity contribution < 1.29 is 23.5 Å². The smallest absolute Gasteiger partial charge is 0.410 e. The molecule has 8 nitrogen and oxygen atoms in total.